The number of nitrogens with one attached hydrogen (secondary N) is 1. The topological polar surface area (TPSA) is 70.0 Å². The van der Waals surface area contributed by atoms with Crippen molar-refractivity contribution in [3.63, 3.8) is 0 Å². The first-order valence-electron chi connectivity index (χ1n) is 5.73. The Balaban J connectivity index is 2.48. The molecule has 6 heteroatoms. The molecule has 0 saturated heterocycles. The summed E-state index contributed by atoms with van der Waals surface area (Å²) >= 11 is 3.21. The SMILES string of the molecule is Cc1cccc(NS(=O)(=O)c2ccccc2Br)c1C#N. The molecule has 2 rings (SSSR count). The number of hydrogen-bond donors (Lipinski definition) is 1. The van der Waals surface area contributed by atoms with E-state index in [-0.39, 0.29) is 10.6 Å². The van der Waals surface area contributed by atoms with E-state index in [0.29, 0.717) is 10.0 Å². The largest absolute Gasteiger partial charge is 0.278 e. The number of benzene rings is 2. The zero-order valence-corrected chi connectivity index (χ0v) is 13.0. The average Bonchev–Trinajstić information content (AvgIpc) is 2.39. The van der Waals surface area contributed by atoms with Crippen molar-refractivity contribution in [3.05, 3.63) is 58.1 Å². The molecule has 0 aliphatic carbocycles. The van der Waals surface area contributed by atoms with E-state index in [0.717, 1.165) is 5.56 Å². The van der Waals surface area contributed by atoms with Crippen LogP contribution in [0.15, 0.2) is 51.8 Å². The van der Waals surface area contributed by atoms with E-state index in [4.69, 9.17) is 5.26 Å². The lowest BCUT2D eigenvalue weighted by atomic mass is 10.1. The van der Waals surface area contributed by atoms with Gasteiger partial charge in [-0.2, -0.15) is 5.26 Å². The molecule has 2 aromatic rings. The van der Waals surface area contributed by atoms with Crippen molar-refractivity contribution < 1.29 is 8.42 Å². The molecular formula is C14H11BrN2O2S. The molecule has 0 spiro atoms. The quantitative estimate of drug-likeness (QED) is 0.921. The fourth-order valence-corrected chi connectivity index (χ4v) is 3.84. The van der Waals surface area contributed by atoms with E-state index < -0.39 is 10.0 Å². The van der Waals surface area contributed by atoms with Gasteiger partial charge >= 0.3 is 0 Å². The second-order valence-electron chi connectivity index (χ2n) is 4.15. The Labute approximate surface area is 126 Å². The Bertz CT molecular complexity index is 795. The molecule has 20 heavy (non-hydrogen) atoms. The molecule has 0 aromatic heterocycles. The number of sulfonamides is 1. The lowest BCUT2D eigenvalue weighted by Crippen LogP contribution is -2.14. The summed E-state index contributed by atoms with van der Waals surface area (Å²) in [7, 11) is -3.74. The molecule has 0 amide bonds. The van der Waals surface area contributed by atoms with Gasteiger partial charge in [0.1, 0.15) is 11.0 Å². The maximum atomic E-state index is 12.4. The van der Waals surface area contributed by atoms with Crippen LogP contribution in [0.4, 0.5) is 5.69 Å². The molecule has 0 unspecified atom stereocenters. The van der Waals surface area contributed by atoms with Crippen LogP contribution >= 0.6 is 15.9 Å². The van der Waals surface area contributed by atoms with Gasteiger partial charge in [-0.1, -0.05) is 24.3 Å². The highest BCUT2D eigenvalue weighted by Gasteiger charge is 2.19. The van der Waals surface area contributed by atoms with Crippen LogP contribution in [0.3, 0.4) is 0 Å². The van der Waals surface area contributed by atoms with Crippen LogP contribution in [0.25, 0.3) is 0 Å². The lowest BCUT2D eigenvalue weighted by molar-refractivity contribution is 0.600. The minimum atomic E-state index is -3.74. The summed E-state index contributed by atoms with van der Waals surface area (Å²) in [6.07, 6.45) is 0. The van der Waals surface area contributed by atoms with E-state index in [1.807, 2.05) is 6.07 Å². The van der Waals surface area contributed by atoms with Gasteiger partial charge in [-0.05, 0) is 46.6 Å². The summed E-state index contributed by atoms with van der Waals surface area (Å²) in [6, 6.07) is 13.6. The lowest BCUT2D eigenvalue weighted by Gasteiger charge is -2.11. The van der Waals surface area contributed by atoms with Gasteiger partial charge in [0.15, 0.2) is 0 Å². The van der Waals surface area contributed by atoms with Gasteiger partial charge in [0.25, 0.3) is 10.0 Å². The summed E-state index contributed by atoms with van der Waals surface area (Å²) in [5.74, 6) is 0. The third-order valence-electron chi connectivity index (χ3n) is 2.76. The van der Waals surface area contributed by atoms with Crippen LogP contribution in [0, 0.1) is 18.3 Å². The second kappa shape index (κ2) is 5.65. The zero-order valence-electron chi connectivity index (χ0n) is 10.6. The van der Waals surface area contributed by atoms with Crippen molar-refractivity contribution in [1.29, 1.82) is 5.26 Å². The summed E-state index contributed by atoms with van der Waals surface area (Å²) in [5, 5.41) is 9.13. The summed E-state index contributed by atoms with van der Waals surface area (Å²) in [4.78, 5) is 0.130. The molecule has 0 fully saturated rings. The van der Waals surface area contributed by atoms with E-state index in [1.54, 1.807) is 43.3 Å². The molecular weight excluding hydrogens is 340 g/mol. The van der Waals surface area contributed by atoms with Crippen molar-refractivity contribution in [3.8, 4) is 6.07 Å². The van der Waals surface area contributed by atoms with Crippen molar-refractivity contribution in [2.24, 2.45) is 0 Å². The summed E-state index contributed by atoms with van der Waals surface area (Å²) in [6.45, 7) is 1.76. The molecule has 0 radical (unpaired) electrons. The maximum absolute atomic E-state index is 12.4. The smallest absolute Gasteiger partial charge is 0.263 e. The molecule has 0 aliphatic rings. The molecule has 4 nitrogen and oxygen atoms in total. The molecule has 0 aliphatic heterocycles. The summed E-state index contributed by atoms with van der Waals surface area (Å²) < 4.78 is 27.6. The molecule has 0 heterocycles. The number of nitriles is 1. The first-order valence-corrected chi connectivity index (χ1v) is 8.00. The van der Waals surface area contributed by atoms with Crippen molar-refractivity contribution in [2.75, 3.05) is 4.72 Å². The van der Waals surface area contributed by atoms with Crippen molar-refractivity contribution in [1.82, 2.24) is 0 Å². The number of halogens is 1. The Hall–Kier alpha value is -1.84. The fraction of sp³-hybridized carbons (Fsp3) is 0.0714. The third-order valence-corrected chi connectivity index (χ3v) is 5.13. The number of aryl methyl sites for hydroxylation is 1. The van der Waals surface area contributed by atoms with Gasteiger partial charge in [-0.25, -0.2) is 8.42 Å². The monoisotopic (exact) mass is 350 g/mol. The Morgan fingerprint density at radius 3 is 2.50 bits per heavy atom. The van der Waals surface area contributed by atoms with Crippen molar-refractivity contribution >= 4 is 31.6 Å². The third kappa shape index (κ3) is 2.84. The highest BCUT2D eigenvalue weighted by Crippen LogP contribution is 2.26. The van der Waals surface area contributed by atoms with Crippen LogP contribution in [0.5, 0.6) is 0 Å². The second-order valence-corrected chi connectivity index (χ2v) is 6.65. The Morgan fingerprint density at radius 1 is 1.15 bits per heavy atom. The van der Waals surface area contributed by atoms with E-state index >= 15 is 0 Å². The Morgan fingerprint density at radius 2 is 1.85 bits per heavy atom. The zero-order chi connectivity index (χ0) is 14.8. The first-order chi connectivity index (χ1) is 9.45. The molecule has 0 bridgehead atoms. The van der Waals surface area contributed by atoms with Crippen LogP contribution in [0.1, 0.15) is 11.1 Å². The average molecular weight is 351 g/mol. The van der Waals surface area contributed by atoms with E-state index in [1.165, 1.54) is 6.07 Å². The van der Waals surface area contributed by atoms with Gasteiger partial charge in [0.05, 0.1) is 11.3 Å². The van der Waals surface area contributed by atoms with Gasteiger partial charge in [-0.3, -0.25) is 4.72 Å². The highest BCUT2D eigenvalue weighted by atomic mass is 79.9. The van der Waals surface area contributed by atoms with Crippen LogP contribution in [-0.2, 0) is 10.0 Å². The van der Waals surface area contributed by atoms with Crippen LogP contribution in [-0.4, -0.2) is 8.42 Å². The minimum Gasteiger partial charge on any atom is -0.278 e. The predicted molar refractivity (Wildman–Crippen MR) is 80.8 cm³/mol. The van der Waals surface area contributed by atoms with E-state index in [2.05, 4.69) is 20.7 Å². The fourth-order valence-electron chi connectivity index (χ4n) is 1.76. The molecule has 102 valence electrons. The van der Waals surface area contributed by atoms with Crippen LogP contribution < -0.4 is 4.72 Å². The molecule has 0 saturated carbocycles. The van der Waals surface area contributed by atoms with Gasteiger partial charge < -0.3 is 0 Å². The van der Waals surface area contributed by atoms with Gasteiger partial charge in [-0.15, -0.1) is 0 Å². The normalized spacial score (nSPS) is 10.8. The highest BCUT2D eigenvalue weighted by molar-refractivity contribution is 9.10. The van der Waals surface area contributed by atoms with Gasteiger partial charge in [0.2, 0.25) is 0 Å². The minimum absolute atomic E-state index is 0.130. The van der Waals surface area contributed by atoms with Gasteiger partial charge in [0, 0.05) is 4.47 Å². The number of anilines is 1. The van der Waals surface area contributed by atoms with E-state index in [9.17, 15) is 8.42 Å². The molecule has 0 atom stereocenters. The predicted octanol–water partition coefficient (Wildman–Crippen LogP) is 3.43. The van der Waals surface area contributed by atoms with Crippen LogP contribution in [0.2, 0.25) is 0 Å². The standard InChI is InChI=1S/C14H11BrN2O2S/c1-10-5-4-7-13(11(10)9-16)17-20(18,19)14-8-3-2-6-12(14)15/h2-8,17H,1H3. The number of rotatable bonds is 3. The first kappa shape index (κ1) is 14.6. The molecule has 2 aromatic carbocycles. The summed E-state index contributed by atoms with van der Waals surface area (Å²) in [5.41, 5.74) is 1.33. The molecule has 1 N–H and O–H groups in total. The Kier molecular flexibility index (Phi) is 4.12. The number of hydrogen-bond acceptors (Lipinski definition) is 3. The van der Waals surface area contributed by atoms with Crippen molar-refractivity contribution in [2.45, 2.75) is 11.8 Å². The number of nitrogens with zero attached hydrogens (tertiary/aromatic N) is 1. The maximum Gasteiger partial charge on any atom is 0.263 e.